The molecule has 0 spiro atoms. The Balaban J connectivity index is 1.56. The monoisotopic (exact) mass is 152 g/mol. The first kappa shape index (κ1) is 7.35. The SMILES string of the molecule is C=C1CC(OCC2CCC2)C1. The number of rotatable bonds is 3. The molecule has 62 valence electrons. The molecule has 2 aliphatic carbocycles. The summed E-state index contributed by atoms with van der Waals surface area (Å²) in [6.07, 6.45) is 6.98. The molecule has 0 aromatic carbocycles. The van der Waals surface area contributed by atoms with Gasteiger partial charge in [-0.3, -0.25) is 0 Å². The van der Waals surface area contributed by atoms with Crippen LogP contribution >= 0.6 is 0 Å². The van der Waals surface area contributed by atoms with E-state index in [2.05, 4.69) is 6.58 Å². The molecule has 1 nitrogen and oxygen atoms in total. The molecular formula is C10H16O. The summed E-state index contributed by atoms with van der Waals surface area (Å²) in [5, 5.41) is 0. The number of hydrogen-bond donors (Lipinski definition) is 0. The average Bonchev–Trinajstić information content (AvgIpc) is 1.80. The van der Waals surface area contributed by atoms with Crippen molar-refractivity contribution in [2.75, 3.05) is 6.61 Å². The molecule has 0 radical (unpaired) electrons. The largest absolute Gasteiger partial charge is 0.377 e. The van der Waals surface area contributed by atoms with Gasteiger partial charge in [-0.25, -0.2) is 0 Å². The Morgan fingerprint density at radius 2 is 2.09 bits per heavy atom. The van der Waals surface area contributed by atoms with Gasteiger partial charge in [0.05, 0.1) is 6.10 Å². The molecule has 0 saturated heterocycles. The molecule has 0 aliphatic heterocycles. The minimum atomic E-state index is 0.531. The van der Waals surface area contributed by atoms with Gasteiger partial charge < -0.3 is 4.74 Å². The highest BCUT2D eigenvalue weighted by atomic mass is 16.5. The molecule has 2 rings (SSSR count). The third-order valence-electron chi connectivity index (χ3n) is 2.83. The second kappa shape index (κ2) is 2.98. The maximum Gasteiger partial charge on any atom is 0.0649 e. The highest BCUT2D eigenvalue weighted by molar-refractivity contribution is 5.08. The van der Waals surface area contributed by atoms with Gasteiger partial charge in [0.2, 0.25) is 0 Å². The summed E-state index contributed by atoms with van der Waals surface area (Å²) in [4.78, 5) is 0. The summed E-state index contributed by atoms with van der Waals surface area (Å²) < 4.78 is 5.69. The van der Waals surface area contributed by atoms with Crippen LogP contribution in [0.5, 0.6) is 0 Å². The van der Waals surface area contributed by atoms with E-state index < -0.39 is 0 Å². The first-order valence-corrected chi connectivity index (χ1v) is 4.63. The molecule has 0 N–H and O–H groups in total. The Hall–Kier alpha value is -0.300. The molecule has 0 bridgehead atoms. The zero-order chi connectivity index (χ0) is 7.68. The van der Waals surface area contributed by atoms with E-state index in [1.165, 1.54) is 24.8 Å². The van der Waals surface area contributed by atoms with Gasteiger partial charge in [-0.2, -0.15) is 0 Å². The van der Waals surface area contributed by atoms with Crippen molar-refractivity contribution >= 4 is 0 Å². The second-order valence-electron chi connectivity index (χ2n) is 3.91. The molecule has 2 saturated carbocycles. The van der Waals surface area contributed by atoms with Crippen LogP contribution < -0.4 is 0 Å². The summed E-state index contributed by atoms with van der Waals surface area (Å²) >= 11 is 0. The molecular weight excluding hydrogens is 136 g/mol. The third-order valence-corrected chi connectivity index (χ3v) is 2.83. The lowest BCUT2D eigenvalue weighted by Crippen LogP contribution is -2.28. The van der Waals surface area contributed by atoms with Gasteiger partial charge in [-0.05, 0) is 31.6 Å². The Kier molecular flexibility index (Phi) is 1.99. The quantitative estimate of drug-likeness (QED) is 0.565. The molecule has 0 atom stereocenters. The van der Waals surface area contributed by atoms with E-state index in [1.807, 2.05) is 0 Å². The molecule has 0 aromatic rings. The maximum absolute atomic E-state index is 5.69. The van der Waals surface area contributed by atoms with Gasteiger partial charge in [-0.1, -0.05) is 18.6 Å². The van der Waals surface area contributed by atoms with E-state index in [-0.39, 0.29) is 0 Å². The van der Waals surface area contributed by atoms with Crippen molar-refractivity contribution < 1.29 is 4.74 Å². The molecule has 1 heteroatoms. The van der Waals surface area contributed by atoms with E-state index in [0.29, 0.717) is 6.10 Å². The summed E-state index contributed by atoms with van der Waals surface area (Å²) in [5.41, 5.74) is 1.36. The van der Waals surface area contributed by atoms with E-state index in [4.69, 9.17) is 4.74 Å². The normalized spacial score (nSPS) is 26.4. The Labute approximate surface area is 68.4 Å². The molecule has 0 heterocycles. The van der Waals surface area contributed by atoms with Crippen LogP contribution in [0.2, 0.25) is 0 Å². The fraction of sp³-hybridized carbons (Fsp3) is 0.800. The van der Waals surface area contributed by atoms with E-state index in [9.17, 15) is 0 Å². The van der Waals surface area contributed by atoms with Crippen LogP contribution in [0, 0.1) is 5.92 Å². The van der Waals surface area contributed by atoms with Crippen LogP contribution in [0.15, 0.2) is 12.2 Å². The van der Waals surface area contributed by atoms with Crippen LogP contribution in [-0.2, 0) is 4.74 Å². The Morgan fingerprint density at radius 3 is 2.55 bits per heavy atom. The molecule has 0 aromatic heterocycles. The van der Waals surface area contributed by atoms with Gasteiger partial charge in [0, 0.05) is 6.61 Å². The van der Waals surface area contributed by atoms with Crippen molar-refractivity contribution in [2.24, 2.45) is 5.92 Å². The lowest BCUT2D eigenvalue weighted by molar-refractivity contribution is -0.00805. The first-order valence-electron chi connectivity index (χ1n) is 4.63. The summed E-state index contributed by atoms with van der Waals surface area (Å²) in [6.45, 7) is 4.90. The lowest BCUT2D eigenvalue weighted by atomic mass is 9.85. The van der Waals surface area contributed by atoms with Gasteiger partial charge in [0.15, 0.2) is 0 Å². The second-order valence-corrected chi connectivity index (χ2v) is 3.91. The van der Waals surface area contributed by atoms with Gasteiger partial charge >= 0.3 is 0 Å². The van der Waals surface area contributed by atoms with Crippen molar-refractivity contribution in [3.63, 3.8) is 0 Å². The average molecular weight is 152 g/mol. The van der Waals surface area contributed by atoms with E-state index >= 15 is 0 Å². The van der Waals surface area contributed by atoms with Crippen LogP contribution in [0.25, 0.3) is 0 Å². The van der Waals surface area contributed by atoms with Crippen molar-refractivity contribution in [3.8, 4) is 0 Å². The summed E-state index contributed by atoms with van der Waals surface area (Å²) in [5.74, 6) is 0.892. The van der Waals surface area contributed by atoms with Crippen LogP contribution in [-0.4, -0.2) is 12.7 Å². The number of hydrogen-bond acceptors (Lipinski definition) is 1. The van der Waals surface area contributed by atoms with Crippen molar-refractivity contribution in [1.82, 2.24) is 0 Å². The first-order chi connectivity index (χ1) is 5.34. The fourth-order valence-corrected chi connectivity index (χ4v) is 1.63. The maximum atomic E-state index is 5.69. The van der Waals surface area contributed by atoms with Gasteiger partial charge in [0.25, 0.3) is 0 Å². The highest BCUT2D eigenvalue weighted by Gasteiger charge is 2.24. The lowest BCUT2D eigenvalue weighted by Gasteiger charge is -2.32. The molecule has 2 fully saturated rings. The van der Waals surface area contributed by atoms with Crippen molar-refractivity contribution in [2.45, 2.75) is 38.2 Å². The minimum absolute atomic E-state index is 0.531. The molecule has 11 heavy (non-hydrogen) atoms. The minimum Gasteiger partial charge on any atom is -0.377 e. The molecule has 0 amide bonds. The number of ether oxygens (including phenoxy) is 1. The van der Waals surface area contributed by atoms with Gasteiger partial charge in [-0.15, -0.1) is 0 Å². The zero-order valence-electron chi connectivity index (χ0n) is 7.01. The standard InChI is InChI=1S/C10H16O/c1-8-5-10(6-8)11-7-9-3-2-4-9/h9-10H,1-7H2. The molecule has 2 aliphatic rings. The van der Waals surface area contributed by atoms with Gasteiger partial charge in [0.1, 0.15) is 0 Å². The van der Waals surface area contributed by atoms with Crippen LogP contribution in [0.4, 0.5) is 0 Å². The highest BCUT2D eigenvalue weighted by Crippen LogP contribution is 2.31. The zero-order valence-corrected chi connectivity index (χ0v) is 7.01. The topological polar surface area (TPSA) is 9.23 Å². The third kappa shape index (κ3) is 1.64. The van der Waals surface area contributed by atoms with Crippen LogP contribution in [0.1, 0.15) is 32.1 Å². The van der Waals surface area contributed by atoms with Crippen molar-refractivity contribution in [3.05, 3.63) is 12.2 Å². The van der Waals surface area contributed by atoms with E-state index in [1.54, 1.807) is 0 Å². The van der Waals surface area contributed by atoms with Crippen molar-refractivity contribution in [1.29, 1.82) is 0 Å². The Bertz CT molecular complexity index is 150. The Morgan fingerprint density at radius 1 is 1.36 bits per heavy atom. The smallest absolute Gasteiger partial charge is 0.0649 e. The van der Waals surface area contributed by atoms with E-state index in [0.717, 1.165) is 25.4 Å². The predicted molar refractivity (Wildman–Crippen MR) is 45.5 cm³/mol. The van der Waals surface area contributed by atoms with Crippen LogP contribution in [0.3, 0.4) is 0 Å². The summed E-state index contributed by atoms with van der Waals surface area (Å²) in [7, 11) is 0. The fourth-order valence-electron chi connectivity index (χ4n) is 1.63. The summed E-state index contributed by atoms with van der Waals surface area (Å²) in [6, 6.07) is 0. The predicted octanol–water partition coefficient (Wildman–Crippen LogP) is 2.52. The molecule has 0 unspecified atom stereocenters.